The number of rotatable bonds is 2. The number of anilines is 1. The highest BCUT2D eigenvalue weighted by Gasteiger charge is 2.18. The van der Waals surface area contributed by atoms with Gasteiger partial charge in [0, 0.05) is 12.4 Å². The summed E-state index contributed by atoms with van der Waals surface area (Å²) < 4.78 is 1.82. The summed E-state index contributed by atoms with van der Waals surface area (Å²) in [5.74, 6) is 0.372. The highest BCUT2D eigenvalue weighted by molar-refractivity contribution is 6.04. The van der Waals surface area contributed by atoms with Gasteiger partial charge in [0.15, 0.2) is 0 Å². The van der Waals surface area contributed by atoms with Gasteiger partial charge in [0.1, 0.15) is 17.2 Å². The average molecular weight is 280 g/mol. The first-order chi connectivity index (χ1) is 10.1. The van der Waals surface area contributed by atoms with E-state index in [1.165, 1.54) is 0 Å². The van der Waals surface area contributed by atoms with Gasteiger partial charge >= 0.3 is 0 Å². The molecule has 0 spiro atoms. The third-order valence-corrected chi connectivity index (χ3v) is 3.48. The fraction of sp³-hybridized carbons (Fsp3) is 0.188. The maximum atomic E-state index is 12.6. The smallest absolute Gasteiger partial charge is 0.275 e. The standard InChI is InChI=1S/C16H16N4O/c1-10-6-4-8-17-14(10)19-16(21)13-12(3)18-15-11(2)7-5-9-20(13)15/h4-9H,1-3H3,(H,17,19,21). The maximum Gasteiger partial charge on any atom is 0.275 e. The van der Waals surface area contributed by atoms with Crippen molar-refractivity contribution in [3.8, 4) is 0 Å². The number of hydrogen-bond donors (Lipinski definition) is 1. The van der Waals surface area contributed by atoms with Gasteiger partial charge in [-0.15, -0.1) is 0 Å². The van der Waals surface area contributed by atoms with E-state index in [2.05, 4.69) is 15.3 Å². The number of imidazole rings is 1. The summed E-state index contributed by atoms with van der Waals surface area (Å²) in [6, 6.07) is 7.64. The minimum Gasteiger partial charge on any atom is -0.305 e. The topological polar surface area (TPSA) is 59.3 Å². The van der Waals surface area contributed by atoms with Crippen LogP contribution >= 0.6 is 0 Å². The van der Waals surface area contributed by atoms with Crippen molar-refractivity contribution in [2.45, 2.75) is 20.8 Å². The van der Waals surface area contributed by atoms with Gasteiger partial charge in [0.25, 0.3) is 5.91 Å². The second-order valence-electron chi connectivity index (χ2n) is 5.05. The molecule has 0 aliphatic carbocycles. The molecule has 0 saturated heterocycles. The molecule has 3 aromatic rings. The second-order valence-corrected chi connectivity index (χ2v) is 5.05. The summed E-state index contributed by atoms with van der Waals surface area (Å²) in [5, 5.41) is 2.85. The van der Waals surface area contributed by atoms with E-state index in [9.17, 15) is 4.79 Å². The summed E-state index contributed by atoms with van der Waals surface area (Å²) in [6.07, 6.45) is 3.51. The van der Waals surface area contributed by atoms with Crippen LogP contribution in [0.25, 0.3) is 5.65 Å². The van der Waals surface area contributed by atoms with Gasteiger partial charge in [0.2, 0.25) is 0 Å². The van der Waals surface area contributed by atoms with Crippen LogP contribution in [-0.2, 0) is 0 Å². The first-order valence-corrected chi connectivity index (χ1v) is 6.75. The molecule has 21 heavy (non-hydrogen) atoms. The van der Waals surface area contributed by atoms with Gasteiger partial charge in [0.05, 0.1) is 5.69 Å². The lowest BCUT2D eigenvalue weighted by atomic mass is 10.2. The predicted molar refractivity (Wildman–Crippen MR) is 81.6 cm³/mol. The van der Waals surface area contributed by atoms with Crippen LogP contribution in [0, 0.1) is 20.8 Å². The third-order valence-electron chi connectivity index (χ3n) is 3.48. The van der Waals surface area contributed by atoms with Gasteiger partial charge in [-0.25, -0.2) is 9.97 Å². The molecule has 5 nitrogen and oxygen atoms in total. The van der Waals surface area contributed by atoms with Crippen LogP contribution in [0.5, 0.6) is 0 Å². The van der Waals surface area contributed by atoms with Crippen LogP contribution in [0.1, 0.15) is 27.3 Å². The molecule has 0 aliphatic rings. The number of pyridine rings is 2. The molecule has 0 radical (unpaired) electrons. The van der Waals surface area contributed by atoms with Crippen molar-refractivity contribution >= 4 is 17.4 Å². The van der Waals surface area contributed by atoms with Gasteiger partial charge < -0.3 is 5.32 Å². The van der Waals surface area contributed by atoms with E-state index in [1.807, 2.05) is 55.6 Å². The summed E-state index contributed by atoms with van der Waals surface area (Å²) in [4.78, 5) is 21.2. The predicted octanol–water partition coefficient (Wildman–Crippen LogP) is 2.91. The van der Waals surface area contributed by atoms with Crippen molar-refractivity contribution in [3.05, 3.63) is 59.2 Å². The third kappa shape index (κ3) is 2.27. The van der Waals surface area contributed by atoms with E-state index >= 15 is 0 Å². The van der Waals surface area contributed by atoms with Gasteiger partial charge in [-0.3, -0.25) is 9.20 Å². The Morgan fingerprint density at radius 2 is 1.90 bits per heavy atom. The number of nitrogens with zero attached hydrogens (tertiary/aromatic N) is 3. The molecular weight excluding hydrogens is 264 g/mol. The SMILES string of the molecule is Cc1cccnc1NC(=O)c1c(C)nc2c(C)cccn12. The van der Waals surface area contributed by atoms with Crippen LogP contribution in [0.2, 0.25) is 0 Å². The highest BCUT2D eigenvalue weighted by Crippen LogP contribution is 2.17. The van der Waals surface area contributed by atoms with E-state index in [0.29, 0.717) is 17.2 Å². The number of carbonyl (C=O) groups excluding carboxylic acids is 1. The number of hydrogen-bond acceptors (Lipinski definition) is 3. The number of carbonyl (C=O) groups is 1. The number of fused-ring (bicyclic) bond motifs is 1. The molecule has 0 atom stereocenters. The molecule has 3 rings (SSSR count). The zero-order valence-electron chi connectivity index (χ0n) is 12.2. The molecule has 1 N–H and O–H groups in total. The normalized spacial score (nSPS) is 10.8. The van der Waals surface area contributed by atoms with Crippen molar-refractivity contribution in [3.63, 3.8) is 0 Å². The van der Waals surface area contributed by atoms with Crippen molar-refractivity contribution in [1.82, 2.24) is 14.4 Å². The number of nitrogens with one attached hydrogen (secondary N) is 1. The molecule has 106 valence electrons. The largest absolute Gasteiger partial charge is 0.305 e. The minimum absolute atomic E-state index is 0.201. The Hall–Kier alpha value is -2.69. The quantitative estimate of drug-likeness (QED) is 0.785. The molecule has 0 unspecified atom stereocenters. The summed E-state index contributed by atoms with van der Waals surface area (Å²) in [6.45, 7) is 5.73. The molecule has 3 aromatic heterocycles. The number of aryl methyl sites for hydroxylation is 3. The van der Waals surface area contributed by atoms with E-state index in [4.69, 9.17) is 0 Å². The zero-order chi connectivity index (χ0) is 15.0. The Morgan fingerprint density at radius 1 is 1.14 bits per heavy atom. The van der Waals surface area contributed by atoms with Crippen LogP contribution in [0.4, 0.5) is 5.82 Å². The summed E-state index contributed by atoms with van der Waals surface area (Å²) in [7, 11) is 0. The molecule has 0 saturated carbocycles. The highest BCUT2D eigenvalue weighted by atomic mass is 16.2. The van der Waals surface area contributed by atoms with Crippen molar-refractivity contribution < 1.29 is 4.79 Å². The van der Waals surface area contributed by atoms with Crippen molar-refractivity contribution in [1.29, 1.82) is 0 Å². The summed E-state index contributed by atoms with van der Waals surface area (Å²) in [5.41, 5.74) is 4.01. The fourth-order valence-electron chi connectivity index (χ4n) is 2.37. The van der Waals surface area contributed by atoms with Crippen LogP contribution in [-0.4, -0.2) is 20.3 Å². The van der Waals surface area contributed by atoms with Crippen LogP contribution in [0.3, 0.4) is 0 Å². The van der Waals surface area contributed by atoms with E-state index in [1.54, 1.807) is 6.20 Å². The van der Waals surface area contributed by atoms with Crippen molar-refractivity contribution in [2.75, 3.05) is 5.32 Å². The Balaban J connectivity index is 2.05. The summed E-state index contributed by atoms with van der Waals surface area (Å²) >= 11 is 0. The lowest BCUT2D eigenvalue weighted by molar-refractivity contribution is 0.102. The van der Waals surface area contributed by atoms with Crippen LogP contribution < -0.4 is 5.32 Å². The first-order valence-electron chi connectivity index (χ1n) is 6.75. The average Bonchev–Trinajstić information content (AvgIpc) is 2.79. The zero-order valence-corrected chi connectivity index (χ0v) is 12.2. The number of aromatic nitrogens is 3. The van der Waals surface area contributed by atoms with Gasteiger partial charge in [-0.1, -0.05) is 12.1 Å². The Kier molecular flexibility index (Phi) is 3.17. The van der Waals surface area contributed by atoms with E-state index in [0.717, 1.165) is 16.8 Å². The molecule has 0 aliphatic heterocycles. The Morgan fingerprint density at radius 3 is 2.67 bits per heavy atom. The molecule has 3 heterocycles. The molecule has 0 fully saturated rings. The molecular formula is C16H16N4O. The maximum absolute atomic E-state index is 12.6. The number of amides is 1. The van der Waals surface area contributed by atoms with E-state index in [-0.39, 0.29) is 5.91 Å². The van der Waals surface area contributed by atoms with Crippen molar-refractivity contribution in [2.24, 2.45) is 0 Å². The Bertz CT molecular complexity index is 835. The molecule has 0 bridgehead atoms. The lowest BCUT2D eigenvalue weighted by Crippen LogP contribution is -2.17. The molecule has 0 aromatic carbocycles. The van der Waals surface area contributed by atoms with Gasteiger partial charge in [-0.05, 0) is 44.0 Å². The monoisotopic (exact) mass is 280 g/mol. The van der Waals surface area contributed by atoms with Gasteiger partial charge in [-0.2, -0.15) is 0 Å². The van der Waals surface area contributed by atoms with E-state index < -0.39 is 0 Å². The molecule has 5 heteroatoms. The fourth-order valence-corrected chi connectivity index (χ4v) is 2.37. The Labute approximate surface area is 122 Å². The lowest BCUT2D eigenvalue weighted by Gasteiger charge is -2.07. The minimum atomic E-state index is -0.201. The second kappa shape index (κ2) is 5.01. The van der Waals surface area contributed by atoms with Crippen LogP contribution in [0.15, 0.2) is 36.7 Å². The first kappa shape index (κ1) is 13.3. The molecule has 1 amide bonds.